The van der Waals surface area contributed by atoms with Crippen LogP contribution in [-0.4, -0.2) is 73.2 Å². The highest BCUT2D eigenvalue weighted by Gasteiger charge is 2.69. The maximum atomic E-state index is 13.3. The first-order chi connectivity index (χ1) is 21.2. The fraction of sp³-hybridized carbons (Fsp3) is 0.677. The summed E-state index contributed by atoms with van der Waals surface area (Å²) >= 11 is 0. The molecule has 1 aromatic heterocycles. The van der Waals surface area contributed by atoms with E-state index in [1.165, 1.54) is 17.7 Å². The van der Waals surface area contributed by atoms with Crippen molar-refractivity contribution < 1.29 is 34.4 Å². The summed E-state index contributed by atoms with van der Waals surface area (Å²) in [4.78, 5) is 54.6. The van der Waals surface area contributed by atoms with Crippen molar-refractivity contribution in [3.63, 3.8) is 0 Å². The fourth-order valence-corrected chi connectivity index (χ4v) is 9.27. The van der Waals surface area contributed by atoms with Gasteiger partial charge in [0.1, 0.15) is 24.5 Å². The van der Waals surface area contributed by atoms with Gasteiger partial charge in [-0.3, -0.25) is 19.1 Å². The van der Waals surface area contributed by atoms with Crippen LogP contribution >= 0.6 is 0 Å². The second-order valence-corrected chi connectivity index (χ2v) is 13.8. The lowest BCUT2D eigenvalue weighted by Crippen LogP contribution is -2.63. The van der Waals surface area contributed by atoms with E-state index < -0.39 is 70.8 Å². The van der Waals surface area contributed by atoms with Gasteiger partial charge in [-0.1, -0.05) is 30.6 Å². The predicted molar refractivity (Wildman–Crippen MR) is 157 cm³/mol. The van der Waals surface area contributed by atoms with Crippen molar-refractivity contribution >= 4 is 11.8 Å². The number of hydrogen-bond donors (Lipinski definition) is 4. The molecule has 0 bridgehead atoms. The van der Waals surface area contributed by atoms with Gasteiger partial charge < -0.3 is 24.8 Å². The Morgan fingerprint density at radius 2 is 2.07 bits per heavy atom. The summed E-state index contributed by atoms with van der Waals surface area (Å²) in [6.07, 6.45) is 4.15. The van der Waals surface area contributed by atoms with E-state index in [-0.39, 0.29) is 48.4 Å². The Hall–Kier alpha value is -3.55. The normalized spacial score (nSPS) is 40.9. The number of aliphatic hydroxyl groups excluding tert-OH is 2. The molecule has 14 heteroatoms. The molecule has 2 heterocycles. The van der Waals surface area contributed by atoms with Gasteiger partial charge in [0.2, 0.25) is 0 Å². The molecule has 1 saturated heterocycles. The Labute approximate surface area is 258 Å². The minimum absolute atomic E-state index is 0.00406. The molecule has 0 aromatic carbocycles. The Bertz CT molecular complexity index is 1640. The number of aryl methyl sites for hydroxylation is 1. The summed E-state index contributed by atoms with van der Waals surface area (Å²) in [7, 11) is 0. The fourth-order valence-electron chi connectivity index (χ4n) is 9.27. The third kappa shape index (κ3) is 4.81. The second-order valence-electron chi connectivity index (χ2n) is 13.8. The summed E-state index contributed by atoms with van der Waals surface area (Å²) in [5.41, 5.74) is 5.75. The summed E-state index contributed by atoms with van der Waals surface area (Å²) in [6.45, 7) is 4.97. The third-order valence-corrected chi connectivity index (χ3v) is 11.6. The van der Waals surface area contributed by atoms with Crippen LogP contribution in [0.25, 0.3) is 10.4 Å². The quantitative estimate of drug-likeness (QED) is 0.156. The minimum Gasteiger partial charge on any atom is -0.461 e. The van der Waals surface area contributed by atoms with Crippen LogP contribution in [0, 0.1) is 35.5 Å². The van der Waals surface area contributed by atoms with Crippen molar-refractivity contribution in [2.24, 2.45) is 33.7 Å². The lowest BCUT2D eigenvalue weighted by Gasteiger charge is -2.60. The standard InChI is InChI=1S/C31H39N5O9/c1-15-13-36(28(42)33-26(15)40)23-11-20(34-35-32)22(45-23)14-44-27(41)25(39)31(43)9-7-19-18-5-4-16-10-17(37)6-8-29(16,2)24(18)21(38)12-30(19,31)3/h6,8,10,13,18-25,38-39,43H,4-5,7,9,11-12,14H2,1-3H3,(H,33,40,42)/t18?,19?,20-,21?,22+,23+,24?,25?,29?,30?,31?/m1/s1. The molecular weight excluding hydrogens is 586 g/mol. The van der Waals surface area contributed by atoms with Crippen molar-refractivity contribution in [3.05, 3.63) is 66.8 Å². The van der Waals surface area contributed by atoms with Crippen LogP contribution < -0.4 is 11.2 Å². The van der Waals surface area contributed by atoms with Gasteiger partial charge in [0, 0.05) is 39.8 Å². The van der Waals surface area contributed by atoms with Gasteiger partial charge in [-0.15, -0.1) is 0 Å². The number of hydrogen-bond acceptors (Lipinski definition) is 10. The largest absolute Gasteiger partial charge is 0.461 e. The number of aromatic nitrogens is 2. The number of nitrogens with one attached hydrogen (secondary N) is 1. The van der Waals surface area contributed by atoms with E-state index in [9.17, 15) is 34.5 Å². The number of aromatic amines is 1. The number of carbonyl (C=O) groups is 2. The van der Waals surface area contributed by atoms with Crippen molar-refractivity contribution in [1.82, 2.24) is 9.55 Å². The van der Waals surface area contributed by atoms with Crippen LogP contribution in [0.4, 0.5) is 0 Å². The molecule has 0 spiro atoms. The zero-order valence-electron chi connectivity index (χ0n) is 25.5. The van der Waals surface area contributed by atoms with Crippen LogP contribution in [0.3, 0.4) is 0 Å². The monoisotopic (exact) mass is 625 g/mol. The minimum atomic E-state index is -1.92. The Kier molecular flexibility index (Phi) is 7.72. The van der Waals surface area contributed by atoms with E-state index in [1.807, 2.05) is 19.9 Å². The molecule has 0 radical (unpaired) electrons. The van der Waals surface area contributed by atoms with E-state index in [1.54, 1.807) is 12.2 Å². The molecule has 4 N–H and O–H groups in total. The third-order valence-electron chi connectivity index (χ3n) is 11.6. The van der Waals surface area contributed by atoms with Gasteiger partial charge in [0.25, 0.3) is 5.56 Å². The number of rotatable bonds is 6. The molecule has 3 saturated carbocycles. The number of ether oxygens (including phenoxy) is 2. The number of ketones is 1. The molecule has 4 aliphatic carbocycles. The van der Waals surface area contributed by atoms with Gasteiger partial charge in [-0.25, -0.2) is 9.59 Å². The lowest BCUT2D eigenvalue weighted by molar-refractivity contribution is -0.211. The van der Waals surface area contributed by atoms with Crippen molar-refractivity contribution in [3.8, 4) is 0 Å². The number of aliphatic hydroxyl groups is 3. The van der Waals surface area contributed by atoms with E-state index in [0.29, 0.717) is 12.8 Å². The predicted octanol–water partition coefficient (Wildman–Crippen LogP) is 1.73. The molecule has 11 atom stereocenters. The van der Waals surface area contributed by atoms with Crippen molar-refractivity contribution in [1.29, 1.82) is 0 Å². The number of carbonyl (C=O) groups excluding carboxylic acids is 2. The van der Waals surface area contributed by atoms with Crippen LogP contribution in [-0.2, 0) is 19.1 Å². The average molecular weight is 626 g/mol. The maximum absolute atomic E-state index is 13.3. The molecule has 1 aromatic rings. The van der Waals surface area contributed by atoms with Gasteiger partial charge >= 0.3 is 11.7 Å². The molecule has 14 nitrogen and oxygen atoms in total. The average Bonchev–Trinajstić information content (AvgIpc) is 3.51. The first-order valence-corrected chi connectivity index (χ1v) is 15.4. The molecular formula is C31H39N5O9. The summed E-state index contributed by atoms with van der Waals surface area (Å²) < 4.78 is 12.5. The van der Waals surface area contributed by atoms with Gasteiger partial charge in [-0.05, 0) is 68.5 Å². The number of fused-ring (bicyclic) bond motifs is 5. The molecule has 8 unspecified atom stereocenters. The highest BCUT2D eigenvalue weighted by atomic mass is 16.6. The van der Waals surface area contributed by atoms with E-state index >= 15 is 0 Å². The second kappa shape index (κ2) is 11.1. The van der Waals surface area contributed by atoms with Crippen molar-refractivity contribution in [2.45, 2.75) is 95.5 Å². The SMILES string of the molecule is Cc1cn([C@@H]2C[C@@H](N=[N+]=[N-])[C@H](COC(=O)C(O)C3(O)CCC4C5CCC6=CC(=O)C=CC6(C)C5C(O)CC43C)O2)c(=O)[nH]c1=O. The Morgan fingerprint density at radius 3 is 2.80 bits per heavy atom. The molecule has 6 rings (SSSR count). The van der Waals surface area contributed by atoms with E-state index in [2.05, 4.69) is 15.0 Å². The summed E-state index contributed by atoms with van der Waals surface area (Å²) in [5.74, 6) is -1.39. The first-order valence-electron chi connectivity index (χ1n) is 15.4. The first kappa shape index (κ1) is 31.4. The lowest BCUT2D eigenvalue weighted by atomic mass is 9.46. The Balaban J connectivity index is 1.17. The molecule has 5 aliphatic rings. The smallest absolute Gasteiger partial charge is 0.338 e. The molecule has 242 valence electrons. The number of nitrogens with zero attached hydrogens (tertiary/aromatic N) is 4. The zero-order valence-corrected chi connectivity index (χ0v) is 25.5. The van der Waals surface area contributed by atoms with Gasteiger partial charge in [-0.2, -0.15) is 0 Å². The zero-order chi connectivity index (χ0) is 32.5. The van der Waals surface area contributed by atoms with Gasteiger partial charge in [0.05, 0.1) is 12.1 Å². The van der Waals surface area contributed by atoms with E-state index in [0.717, 1.165) is 12.0 Å². The number of esters is 1. The molecule has 4 fully saturated rings. The highest BCUT2D eigenvalue weighted by Crippen LogP contribution is 2.67. The molecule has 45 heavy (non-hydrogen) atoms. The summed E-state index contributed by atoms with van der Waals surface area (Å²) in [5, 5.41) is 38.7. The molecule has 1 aliphatic heterocycles. The molecule has 0 amide bonds. The van der Waals surface area contributed by atoms with Gasteiger partial charge in [0.15, 0.2) is 11.9 Å². The maximum Gasteiger partial charge on any atom is 0.338 e. The number of H-pyrrole nitrogens is 1. The van der Waals surface area contributed by atoms with Crippen LogP contribution in [0.1, 0.15) is 64.2 Å². The number of allylic oxidation sites excluding steroid dienone is 4. The van der Waals surface area contributed by atoms with Crippen LogP contribution in [0.15, 0.2) is 44.7 Å². The summed E-state index contributed by atoms with van der Waals surface area (Å²) in [6, 6.07) is -0.818. The van der Waals surface area contributed by atoms with E-state index in [4.69, 9.17) is 15.0 Å². The van der Waals surface area contributed by atoms with Crippen LogP contribution in [0.2, 0.25) is 0 Å². The van der Waals surface area contributed by atoms with Crippen molar-refractivity contribution in [2.75, 3.05) is 6.61 Å². The topological polar surface area (TPSA) is 217 Å². The Morgan fingerprint density at radius 1 is 1.31 bits per heavy atom. The van der Waals surface area contributed by atoms with Crippen LogP contribution in [0.5, 0.6) is 0 Å². The highest BCUT2D eigenvalue weighted by molar-refractivity contribution is 6.01. The number of azide groups is 1.